The van der Waals surface area contributed by atoms with Crippen LogP contribution in [0.2, 0.25) is 0 Å². The fraction of sp³-hybridized carbons (Fsp3) is 0.333. The number of nitrogens with one attached hydrogen (secondary N) is 2. The third-order valence-electron chi connectivity index (χ3n) is 7.00. The van der Waals surface area contributed by atoms with Crippen molar-refractivity contribution in [2.75, 3.05) is 5.32 Å². The standard InChI is InChI=1S/C27H21F7N6O2/c1-39-22(26(29,30)31)12-20(38-39)18-10-15-6-8-40(25(42)17(15)11-19(18)28)7-5-14-3-2-4-16(9-14)36-21-13-35-37-24(41)23(21)27(32,33)34/h6,8,10-14,16H,2-4,9H2,1H3,(H2,36,37,41)/t14?,16-/m0/s1. The molecule has 8 nitrogen and oxygen atoms in total. The number of benzene rings is 1. The molecule has 42 heavy (non-hydrogen) atoms. The molecule has 0 saturated heterocycles. The van der Waals surface area contributed by atoms with Crippen LogP contribution in [0.3, 0.4) is 0 Å². The van der Waals surface area contributed by atoms with Gasteiger partial charge in [0.15, 0.2) is 0 Å². The van der Waals surface area contributed by atoms with Crippen molar-refractivity contribution in [3.63, 3.8) is 0 Å². The molecule has 0 aliphatic heterocycles. The highest BCUT2D eigenvalue weighted by atomic mass is 19.4. The quantitative estimate of drug-likeness (QED) is 0.253. The molecule has 3 aromatic heterocycles. The third-order valence-corrected chi connectivity index (χ3v) is 7.00. The zero-order valence-corrected chi connectivity index (χ0v) is 21.7. The maximum absolute atomic E-state index is 15.0. The number of anilines is 1. The van der Waals surface area contributed by atoms with Gasteiger partial charge in [-0.05, 0) is 48.9 Å². The van der Waals surface area contributed by atoms with Gasteiger partial charge in [-0.25, -0.2) is 14.1 Å². The fourth-order valence-electron chi connectivity index (χ4n) is 5.04. The summed E-state index contributed by atoms with van der Waals surface area (Å²) >= 11 is 0. The Morgan fingerprint density at radius 2 is 1.83 bits per heavy atom. The van der Waals surface area contributed by atoms with Gasteiger partial charge in [-0.3, -0.25) is 14.3 Å². The molecular weight excluding hydrogens is 573 g/mol. The van der Waals surface area contributed by atoms with E-state index in [1.807, 2.05) is 0 Å². The Bertz CT molecular complexity index is 1840. The molecular formula is C27H21F7N6O2. The topological polar surface area (TPSA) is 97.6 Å². The van der Waals surface area contributed by atoms with Crippen molar-refractivity contribution in [1.82, 2.24) is 24.5 Å². The first-order valence-electron chi connectivity index (χ1n) is 12.6. The van der Waals surface area contributed by atoms with Gasteiger partial charge in [-0.15, -0.1) is 0 Å². The van der Waals surface area contributed by atoms with E-state index in [9.17, 15) is 40.3 Å². The van der Waals surface area contributed by atoms with Crippen LogP contribution in [-0.4, -0.2) is 30.6 Å². The lowest BCUT2D eigenvalue weighted by molar-refractivity contribution is -0.143. The molecule has 0 radical (unpaired) electrons. The Morgan fingerprint density at radius 1 is 1.07 bits per heavy atom. The van der Waals surface area contributed by atoms with Crippen LogP contribution in [0.25, 0.3) is 22.0 Å². The Balaban J connectivity index is 1.38. The van der Waals surface area contributed by atoms with Gasteiger partial charge in [-0.2, -0.15) is 36.5 Å². The highest BCUT2D eigenvalue weighted by Gasteiger charge is 2.38. The maximum atomic E-state index is 15.0. The zero-order chi connectivity index (χ0) is 30.4. The number of hydrogen-bond donors (Lipinski definition) is 2. The number of H-pyrrole nitrogens is 1. The summed E-state index contributed by atoms with van der Waals surface area (Å²) in [6.45, 7) is 0. The van der Waals surface area contributed by atoms with Gasteiger partial charge in [0.2, 0.25) is 0 Å². The van der Waals surface area contributed by atoms with E-state index < -0.39 is 52.3 Å². The Hall–Kier alpha value is -4.61. The van der Waals surface area contributed by atoms with Crippen LogP contribution in [0.4, 0.5) is 36.4 Å². The number of hydrogen-bond acceptors (Lipinski definition) is 5. The average Bonchev–Trinajstić information content (AvgIpc) is 3.30. The summed E-state index contributed by atoms with van der Waals surface area (Å²) in [6, 6.07) is 6.62. The third kappa shape index (κ3) is 5.74. The largest absolute Gasteiger partial charge is 0.433 e. The summed E-state index contributed by atoms with van der Waals surface area (Å²) in [4.78, 5) is 24.8. The second-order valence-corrected chi connectivity index (χ2v) is 9.89. The highest BCUT2D eigenvalue weighted by Crippen LogP contribution is 2.35. The zero-order valence-electron chi connectivity index (χ0n) is 21.7. The number of aryl methyl sites for hydroxylation is 1. The normalized spacial score (nSPS) is 17.6. The van der Waals surface area contributed by atoms with E-state index in [0.29, 0.717) is 30.4 Å². The lowest BCUT2D eigenvalue weighted by Crippen LogP contribution is -2.31. The second-order valence-electron chi connectivity index (χ2n) is 9.89. The maximum Gasteiger partial charge on any atom is 0.433 e. The molecule has 0 bridgehead atoms. The summed E-state index contributed by atoms with van der Waals surface area (Å²) in [5, 5.41) is 12.0. The van der Waals surface area contributed by atoms with Crippen molar-refractivity contribution in [2.45, 2.75) is 44.1 Å². The van der Waals surface area contributed by atoms with Crippen molar-refractivity contribution in [2.24, 2.45) is 13.0 Å². The molecule has 1 fully saturated rings. The minimum Gasteiger partial charge on any atom is -0.380 e. The molecule has 1 aliphatic carbocycles. The molecule has 2 atom stereocenters. The molecule has 3 heterocycles. The highest BCUT2D eigenvalue weighted by molar-refractivity contribution is 5.86. The van der Waals surface area contributed by atoms with Crippen LogP contribution in [-0.2, 0) is 19.4 Å². The van der Waals surface area contributed by atoms with Gasteiger partial charge in [0.05, 0.1) is 23.0 Å². The molecule has 1 unspecified atom stereocenters. The molecule has 4 aromatic rings. The molecule has 1 saturated carbocycles. The molecule has 15 heteroatoms. The Kier molecular flexibility index (Phi) is 7.33. The van der Waals surface area contributed by atoms with Crippen molar-refractivity contribution in [1.29, 1.82) is 0 Å². The minimum atomic E-state index is -4.88. The first kappa shape index (κ1) is 28.9. The van der Waals surface area contributed by atoms with Gasteiger partial charge in [-0.1, -0.05) is 12.3 Å². The summed E-state index contributed by atoms with van der Waals surface area (Å²) in [5.41, 5.74) is -5.32. The van der Waals surface area contributed by atoms with E-state index >= 15 is 0 Å². The Morgan fingerprint density at radius 3 is 2.52 bits per heavy atom. The smallest absolute Gasteiger partial charge is 0.380 e. The van der Waals surface area contributed by atoms with E-state index in [1.165, 1.54) is 18.3 Å². The van der Waals surface area contributed by atoms with Crippen LogP contribution >= 0.6 is 0 Å². The molecule has 0 spiro atoms. The van der Waals surface area contributed by atoms with Crippen LogP contribution in [0, 0.1) is 23.7 Å². The van der Waals surface area contributed by atoms with Gasteiger partial charge < -0.3 is 5.32 Å². The van der Waals surface area contributed by atoms with Gasteiger partial charge in [0.25, 0.3) is 11.1 Å². The van der Waals surface area contributed by atoms with Crippen molar-refractivity contribution < 1.29 is 30.7 Å². The van der Waals surface area contributed by atoms with E-state index in [4.69, 9.17) is 0 Å². The molecule has 0 amide bonds. The fourth-order valence-corrected chi connectivity index (χ4v) is 5.04. The van der Waals surface area contributed by atoms with Crippen LogP contribution in [0.15, 0.2) is 46.2 Å². The number of fused-ring (bicyclic) bond motifs is 1. The number of rotatable bonds is 3. The summed E-state index contributed by atoms with van der Waals surface area (Å²) in [5.74, 6) is 1.71. The average molecular weight is 594 g/mol. The lowest BCUT2D eigenvalue weighted by Gasteiger charge is -2.28. The van der Waals surface area contributed by atoms with Gasteiger partial charge in [0.1, 0.15) is 17.1 Å². The number of alkyl halides is 6. The first-order valence-corrected chi connectivity index (χ1v) is 12.6. The molecule has 1 aromatic carbocycles. The Labute approximate surface area is 232 Å². The number of aromatic nitrogens is 5. The molecule has 2 N–H and O–H groups in total. The van der Waals surface area contributed by atoms with Crippen LogP contribution < -0.4 is 16.4 Å². The molecule has 5 rings (SSSR count). The predicted octanol–water partition coefficient (Wildman–Crippen LogP) is 5.14. The van der Waals surface area contributed by atoms with E-state index in [-0.39, 0.29) is 27.9 Å². The van der Waals surface area contributed by atoms with Crippen LogP contribution in [0.5, 0.6) is 0 Å². The van der Waals surface area contributed by atoms with E-state index in [0.717, 1.165) is 29.9 Å². The van der Waals surface area contributed by atoms with Crippen molar-refractivity contribution in [3.8, 4) is 23.2 Å². The number of halogens is 7. The number of nitrogens with zero attached hydrogens (tertiary/aromatic N) is 4. The summed E-state index contributed by atoms with van der Waals surface area (Å²) in [7, 11) is 1.09. The monoisotopic (exact) mass is 594 g/mol. The second kappa shape index (κ2) is 10.7. The summed E-state index contributed by atoms with van der Waals surface area (Å²) < 4.78 is 96.2. The molecule has 220 valence electrons. The predicted molar refractivity (Wildman–Crippen MR) is 138 cm³/mol. The summed E-state index contributed by atoms with van der Waals surface area (Å²) in [6.07, 6.45) is -5.21. The number of pyridine rings is 1. The van der Waals surface area contributed by atoms with E-state index in [2.05, 4.69) is 27.5 Å². The van der Waals surface area contributed by atoms with Crippen molar-refractivity contribution in [3.05, 3.63) is 74.4 Å². The van der Waals surface area contributed by atoms with E-state index in [1.54, 1.807) is 5.10 Å². The minimum absolute atomic E-state index is 0.0512. The molecule has 1 aliphatic rings. The lowest BCUT2D eigenvalue weighted by atomic mass is 9.86. The van der Waals surface area contributed by atoms with Gasteiger partial charge >= 0.3 is 12.4 Å². The van der Waals surface area contributed by atoms with Crippen LogP contribution in [0.1, 0.15) is 36.9 Å². The number of aromatic amines is 1. The van der Waals surface area contributed by atoms with Gasteiger partial charge in [0, 0.05) is 36.8 Å². The van der Waals surface area contributed by atoms with Crippen molar-refractivity contribution >= 4 is 16.5 Å². The SMILES string of the molecule is Cn1nc(-c2cc3ccn(C#CC4CCC[C@H](Nc5cn[nH]c(=O)c5C(F)(F)F)C4)c(=O)c3cc2F)cc1C(F)(F)F. The first-order chi connectivity index (χ1) is 19.7.